The van der Waals surface area contributed by atoms with Gasteiger partial charge in [-0.15, -0.1) is 11.3 Å². The Bertz CT molecular complexity index is 834. The third kappa shape index (κ3) is 3.48. The molecule has 0 aliphatic carbocycles. The van der Waals surface area contributed by atoms with Crippen molar-refractivity contribution in [2.75, 3.05) is 19.8 Å². The van der Waals surface area contributed by atoms with Gasteiger partial charge < -0.3 is 14.6 Å². The van der Waals surface area contributed by atoms with Crippen molar-refractivity contribution >= 4 is 28.1 Å². The van der Waals surface area contributed by atoms with Crippen LogP contribution in [0.25, 0.3) is 10.9 Å². The zero-order valence-electron chi connectivity index (χ0n) is 14.1. The van der Waals surface area contributed by atoms with Gasteiger partial charge in [-0.05, 0) is 36.8 Å². The number of hydrogen-bond donors (Lipinski definition) is 1. The highest BCUT2D eigenvalue weighted by Gasteiger charge is 2.27. The molecule has 1 aromatic carbocycles. The van der Waals surface area contributed by atoms with E-state index in [1.165, 1.54) is 4.88 Å². The van der Waals surface area contributed by atoms with Crippen LogP contribution < -0.4 is 0 Å². The lowest BCUT2D eigenvalue weighted by atomic mass is 10.0. The number of aromatic amines is 1. The van der Waals surface area contributed by atoms with E-state index in [1.807, 2.05) is 30.5 Å². The van der Waals surface area contributed by atoms with Crippen LogP contribution in [-0.2, 0) is 11.2 Å². The van der Waals surface area contributed by atoms with Crippen LogP contribution in [0.5, 0.6) is 0 Å². The molecule has 3 aromatic rings. The number of nitrogens with one attached hydrogen (secondary N) is 1. The summed E-state index contributed by atoms with van der Waals surface area (Å²) in [6, 6.07) is 12.5. The van der Waals surface area contributed by atoms with Gasteiger partial charge in [-0.2, -0.15) is 0 Å². The maximum atomic E-state index is 13.3. The molecule has 1 amide bonds. The van der Waals surface area contributed by atoms with Crippen molar-refractivity contribution in [3.63, 3.8) is 0 Å². The van der Waals surface area contributed by atoms with Crippen LogP contribution in [0.3, 0.4) is 0 Å². The fraction of sp³-hybridized carbons (Fsp3) is 0.350. The van der Waals surface area contributed by atoms with E-state index in [4.69, 9.17) is 4.74 Å². The van der Waals surface area contributed by atoms with Crippen LogP contribution in [0.1, 0.15) is 28.1 Å². The highest BCUT2D eigenvalue weighted by atomic mass is 32.1. The van der Waals surface area contributed by atoms with Crippen LogP contribution in [0.2, 0.25) is 0 Å². The molecular formula is C20H22N2O2S. The summed E-state index contributed by atoms with van der Waals surface area (Å²) in [6.07, 6.45) is 4.59. The second kappa shape index (κ2) is 7.42. The number of nitrogens with zero attached hydrogens (tertiary/aromatic N) is 1. The third-order valence-corrected chi connectivity index (χ3v) is 5.83. The first-order valence-electron chi connectivity index (χ1n) is 8.80. The van der Waals surface area contributed by atoms with Gasteiger partial charge in [0.25, 0.3) is 5.91 Å². The standard InChI is InChI=1S/C20H22N2O2S/c23-20(18-14-21-19-6-2-1-5-17(18)19)22(15-8-11-24-12-9-15)10-7-16-4-3-13-25-16/h1-6,13-15,21H,7-12H2. The van der Waals surface area contributed by atoms with Gasteiger partial charge in [0, 0.05) is 47.8 Å². The molecule has 1 aliphatic rings. The summed E-state index contributed by atoms with van der Waals surface area (Å²) >= 11 is 1.75. The van der Waals surface area contributed by atoms with Gasteiger partial charge in [-0.3, -0.25) is 4.79 Å². The summed E-state index contributed by atoms with van der Waals surface area (Å²) < 4.78 is 5.50. The molecule has 1 aliphatic heterocycles. The summed E-state index contributed by atoms with van der Waals surface area (Å²) in [6.45, 7) is 2.23. The molecule has 0 bridgehead atoms. The van der Waals surface area contributed by atoms with Gasteiger partial charge in [0.15, 0.2) is 0 Å². The summed E-state index contributed by atoms with van der Waals surface area (Å²) in [4.78, 5) is 20.0. The number of H-pyrrole nitrogens is 1. The number of thiophene rings is 1. The van der Waals surface area contributed by atoms with Gasteiger partial charge in [0.05, 0.1) is 5.56 Å². The van der Waals surface area contributed by atoms with Crippen molar-refractivity contribution in [2.24, 2.45) is 0 Å². The van der Waals surface area contributed by atoms with Crippen LogP contribution >= 0.6 is 11.3 Å². The minimum absolute atomic E-state index is 0.126. The molecular weight excluding hydrogens is 332 g/mol. The number of amides is 1. The number of aromatic nitrogens is 1. The maximum Gasteiger partial charge on any atom is 0.256 e. The molecule has 4 rings (SSSR count). The number of hydrogen-bond acceptors (Lipinski definition) is 3. The van der Waals surface area contributed by atoms with Crippen LogP contribution in [0.4, 0.5) is 0 Å². The average molecular weight is 354 g/mol. The minimum Gasteiger partial charge on any atom is -0.381 e. The van der Waals surface area contributed by atoms with E-state index in [0.29, 0.717) is 0 Å². The Balaban J connectivity index is 1.60. The Labute approximate surface area is 151 Å². The van der Waals surface area contributed by atoms with Gasteiger partial charge >= 0.3 is 0 Å². The van der Waals surface area contributed by atoms with Crippen molar-refractivity contribution in [1.29, 1.82) is 0 Å². The van der Waals surface area contributed by atoms with Crippen molar-refractivity contribution in [3.8, 4) is 0 Å². The van der Waals surface area contributed by atoms with Gasteiger partial charge in [0.2, 0.25) is 0 Å². The lowest BCUT2D eigenvalue weighted by molar-refractivity contribution is 0.0295. The predicted octanol–water partition coefficient (Wildman–Crippen LogP) is 4.09. The molecule has 4 nitrogen and oxygen atoms in total. The average Bonchev–Trinajstić information content (AvgIpc) is 3.32. The van der Waals surface area contributed by atoms with E-state index >= 15 is 0 Å². The van der Waals surface area contributed by atoms with Crippen LogP contribution in [0, 0.1) is 0 Å². The van der Waals surface area contributed by atoms with Gasteiger partial charge in [-0.25, -0.2) is 0 Å². The molecule has 0 unspecified atom stereocenters. The molecule has 25 heavy (non-hydrogen) atoms. The molecule has 0 spiro atoms. The first-order valence-corrected chi connectivity index (χ1v) is 9.68. The van der Waals surface area contributed by atoms with Crippen LogP contribution in [-0.4, -0.2) is 41.6 Å². The topological polar surface area (TPSA) is 45.3 Å². The van der Waals surface area contributed by atoms with Crippen molar-refractivity contribution in [3.05, 3.63) is 58.4 Å². The first kappa shape index (κ1) is 16.4. The number of carbonyl (C=O) groups is 1. The molecule has 0 saturated carbocycles. The normalized spacial score (nSPS) is 15.5. The first-order chi connectivity index (χ1) is 12.3. The molecule has 3 heterocycles. The molecule has 1 fully saturated rings. The van der Waals surface area contributed by atoms with Gasteiger partial charge in [-0.1, -0.05) is 24.3 Å². The smallest absolute Gasteiger partial charge is 0.256 e. The van der Waals surface area contributed by atoms with E-state index < -0.39 is 0 Å². The summed E-state index contributed by atoms with van der Waals surface area (Å²) in [7, 11) is 0. The van der Waals surface area contributed by atoms with Gasteiger partial charge in [0.1, 0.15) is 0 Å². The quantitative estimate of drug-likeness (QED) is 0.750. The fourth-order valence-electron chi connectivity index (χ4n) is 3.54. The van der Waals surface area contributed by atoms with E-state index in [0.717, 1.165) is 55.5 Å². The fourth-order valence-corrected chi connectivity index (χ4v) is 4.23. The molecule has 1 saturated heterocycles. The number of fused-ring (bicyclic) bond motifs is 1. The molecule has 2 aromatic heterocycles. The lowest BCUT2D eigenvalue weighted by Gasteiger charge is -2.34. The molecule has 130 valence electrons. The summed E-state index contributed by atoms with van der Waals surface area (Å²) in [5, 5.41) is 3.09. The second-order valence-corrected chi connectivity index (χ2v) is 7.45. The van der Waals surface area contributed by atoms with Crippen molar-refractivity contribution < 1.29 is 9.53 Å². The van der Waals surface area contributed by atoms with E-state index in [-0.39, 0.29) is 11.9 Å². The lowest BCUT2D eigenvalue weighted by Crippen LogP contribution is -2.44. The number of ether oxygens (including phenoxy) is 1. The second-order valence-electron chi connectivity index (χ2n) is 6.42. The Morgan fingerprint density at radius 2 is 2.04 bits per heavy atom. The third-order valence-electron chi connectivity index (χ3n) is 4.89. The zero-order chi connectivity index (χ0) is 17.1. The maximum absolute atomic E-state index is 13.3. The Kier molecular flexibility index (Phi) is 4.85. The minimum atomic E-state index is 0.126. The van der Waals surface area contributed by atoms with Crippen molar-refractivity contribution in [1.82, 2.24) is 9.88 Å². The van der Waals surface area contributed by atoms with E-state index in [9.17, 15) is 4.79 Å². The van der Waals surface area contributed by atoms with Crippen molar-refractivity contribution in [2.45, 2.75) is 25.3 Å². The molecule has 0 radical (unpaired) electrons. The molecule has 1 N–H and O–H groups in total. The Morgan fingerprint density at radius 3 is 2.84 bits per heavy atom. The van der Waals surface area contributed by atoms with Crippen LogP contribution in [0.15, 0.2) is 48.0 Å². The Hall–Kier alpha value is -2.11. The zero-order valence-corrected chi connectivity index (χ0v) is 14.9. The number of para-hydroxylation sites is 1. The largest absolute Gasteiger partial charge is 0.381 e. The summed E-state index contributed by atoms with van der Waals surface area (Å²) in [5.41, 5.74) is 1.78. The SMILES string of the molecule is O=C(c1c[nH]c2ccccc12)N(CCc1cccs1)C1CCOCC1. The Morgan fingerprint density at radius 1 is 1.20 bits per heavy atom. The predicted molar refractivity (Wildman–Crippen MR) is 101 cm³/mol. The molecule has 0 atom stereocenters. The highest BCUT2D eigenvalue weighted by molar-refractivity contribution is 7.09. The number of carbonyl (C=O) groups excluding carboxylic acids is 1. The number of rotatable bonds is 5. The summed E-state index contributed by atoms with van der Waals surface area (Å²) in [5.74, 6) is 0.126. The van der Waals surface area contributed by atoms with E-state index in [2.05, 4.69) is 27.4 Å². The molecule has 5 heteroatoms. The van der Waals surface area contributed by atoms with E-state index in [1.54, 1.807) is 11.3 Å². The number of benzene rings is 1. The monoisotopic (exact) mass is 354 g/mol. The highest BCUT2D eigenvalue weighted by Crippen LogP contribution is 2.24.